The first-order chi connectivity index (χ1) is 9.16. The Balaban J connectivity index is 1.77. The van der Waals surface area contributed by atoms with Crippen LogP contribution in [0, 0.1) is 0 Å². The van der Waals surface area contributed by atoms with E-state index in [9.17, 15) is 4.79 Å². The first kappa shape index (κ1) is 12.3. The van der Waals surface area contributed by atoms with Crippen molar-refractivity contribution in [1.29, 1.82) is 0 Å². The van der Waals surface area contributed by atoms with Crippen LogP contribution in [0.15, 0.2) is 35.3 Å². The number of nitrogens with one attached hydrogen (secondary N) is 1. The minimum absolute atomic E-state index is 0.104. The predicted molar refractivity (Wildman–Crippen MR) is 74.8 cm³/mol. The normalized spacial score (nSPS) is 26.2. The maximum absolute atomic E-state index is 12.5. The number of fused-ring (bicyclic) bond motifs is 1. The van der Waals surface area contributed by atoms with Crippen LogP contribution in [0.3, 0.4) is 0 Å². The largest absolute Gasteiger partial charge is 0.356 e. The third-order valence-corrected chi connectivity index (χ3v) is 4.23. The van der Waals surface area contributed by atoms with E-state index in [1.807, 2.05) is 11.1 Å². The van der Waals surface area contributed by atoms with Crippen LogP contribution >= 0.6 is 0 Å². The van der Waals surface area contributed by atoms with Crippen molar-refractivity contribution in [3.63, 3.8) is 0 Å². The molecule has 0 radical (unpaired) electrons. The number of likely N-dealkylation sites (tertiary alicyclic amines) is 1. The molecule has 0 aromatic rings. The van der Waals surface area contributed by atoms with Gasteiger partial charge in [0, 0.05) is 25.0 Å². The molecule has 1 N–H and O–H groups in total. The molecule has 0 saturated carbocycles. The van der Waals surface area contributed by atoms with Crippen LogP contribution in [-0.2, 0) is 4.79 Å². The quantitative estimate of drug-likeness (QED) is 0.781. The highest BCUT2D eigenvalue weighted by molar-refractivity contribution is 5.93. The summed E-state index contributed by atoms with van der Waals surface area (Å²) in [5, 5.41) is 3.32. The molecule has 19 heavy (non-hydrogen) atoms. The number of carbonyl (C=O) groups is 1. The fourth-order valence-corrected chi connectivity index (χ4v) is 2.88. The summed E-state index contributed by atoms with van der Waals surface area (Å²) in [6.45, 7) is 5.98. The van der Waals surface area contributed by atoms with E-state index in [2.05, 4.69) is 36.2 Å². The molecule has 0 bridgehead atoms. The maximum atomic E-state index is 12.5. The molecule has 1 fully saturated rings. The molecule has 4 nitrogen and oxygen atoms in total. The van der Waals surface area contributed by atoms with Crippen LogP contribution in [0.1, 0.15) is 33.1 Å². The zero-order valence-corrected chi connectivity index (χ0v) is 11.6. The Hall–Kier alpha value is -1.71. The summed E-state index contributed by atoms with van der Waals surface area (Å²) in [4.78, 5) is 16.6. The Bertz CT molecular complexity index is 484. The van der Waals surface area contributed by atoms with E-state index in [0.29, 0.717) is 0 Å². The average Bonchev–Trinajstić information content (AvgIpc) is 2.88. The molecular weight excluding hydrogens is 238 g/mol. The average molecular weight is 259 g/mol. The molecule has 1 atom stereocenters. The van der Waals surface area contributed by atoms with E-state index in [1.165, 1.54) is 17.7 Å². The minimum atomic E-state index is 0.104. The van der Waals surface area contributed by atoms with Crippen molar-refractivity contribution in [3.8, 4) is 0 Å². The Morgan fingerprint density at radius 2 is 2.00 bits per heavy atom. The molecule has 0 spiro atoms. The van der Waals surface area contributed by atoms with Gasteiger partial charge in [-0.25, -0.2) is 0 Å². The fourth-order valence-electron chi connectivity index (χ4n) is 2.88. The van der Waals surface area contributed by atoms with Gasteiger partial charge in [0.2, 0.25) is 0 Å². The Labute approximate surface area is 114 Å². The lowest BCUT2D eigenvalue weighted by atomic mass is 10.1. The summed E-state index contributed by atoms with van der Waals surface area (Å²) in [7, 11) is 0. The number of amides is 1. The summed E-state index contributed by atoms with van der Waals surface area (Å²) in [5.74, 6) is 0.146. The van der Waals surface area contributed by atoms with Crippen molar-refractivity contribution in [2.45, 2.75) is 39.3 Å². The highest BCUT2D eigenvalue weighted by Crippen LogP contribution is 2.26. The summed E-state index contributed by atoms with van der Waals surface area (Å²) in [5.41, 5.74) is 3.19. The number of piperidine rings is 1. The Kier molecular flexibility index (Phi) is 3.09. The van der Waals surface area contributed by atoms with Gasteiger partial charge in [-0.2, -0.15) is 0 Å². The zero-order chi connectivity index (χ0) is 13.4. The summed E-state index contributed by atoms with van der Waals surface area (Å²) >= 11 is 0. The van der Waals surface area contributed by atoms with Gasteiger partial charge in [0.15, 0.2) is 0 Å². The molecule has 4 heteroatoms. The fraction of sp³-hybridized carbons (Fsp3) is 0.533. The van der Waals surface area contributed by atoms with Gasteiger partial charge >= 0.3 is 0 Å². The van der Waals surface area contributed by atoms with Gasteiger partial charge in [-0.05, 0) is 44.8 Å². The molecular formula is C15H21N3O. The van der Waals surface area contributed by atoms with Crippen LogP contribution in [-0.4, -0.2) is 35.0 Å². The van der Waals surface area contributed by atoms with E-state index >= 15 is 0 Å². The summed E-state index contributed by atoms with van der Waals surface area (Å²) in [6, 6.07) is 0. The summed E-state index contributed by atoms with van der Waals surface area (Å²) < 4.78 is 0. The third-order valence-electron chi connectivity index (χ3n) is 4.23. The SMILES string of the molecule is CC1=C(C)N2C=C(C(=O)N3CCCCC3)NC2C=C1. The number of carbonyl (C=O) groups excluding carboxylic acids is 1. The van der Waals surface area contributed by atoms with Gasteiger partial charge in [-0.1, -0.05) is 6.08 Å². The lowest BCUT2D eigenvalue weighted by Gasteiger charge is -2.28. The zero-order valence-electron chi connectivity index (χ0n) is 11.6. The van der Waals surface area contributed by atoms with Crippen LogP contribution < -0.4 is 5.32 Å². The Morgan fingerprint density at radius 3 is 2.74 bits per heavy atom. The highest BCUT2D eigenvalue weighted by Gasteiger charge is 2.31. The van der Waals surface area contributed by atoms with E-state index in [-0.39, 0.29) is 12.1 Å². The van der Waals surface area contributed by atoms with Crippen LogP contribution in [0.2, 0.25) is 0 Å². The monoisotopic (exact) mass is 259 g/mol. The smallest absolute Gasteiger partial charge is 0.271 e. The number of allylic oxidation sites excluding steroid dienone is 3. The first-order valence-electron chi connectivity index (χ1n) is 7.08. The van der Waals surface area contributed by atoms with Gasteiger partial charge in [0.05, 0.1) is 0 Å². The number of hydrogen-bond acceptors (Lipinski definition) is 3. The Morgan fingerprint density at radius 1 is 1.26 bits per heavy atom. The third kappa shape index (κ3) is 2.15. The molecule has 102 valence electrons. The van der Waals surface area contributed by atoms with Crippen LogP contribution in [0.4, 0.5) is 0 Å². The van der Waals surface area contributed by atoms with Crippen molar-refractivity contribution in [2.75, 3.05) is 13.1 Å². The predicted octanol–water partition coefficient (Wildman–Crippen LogP) is 1.94. The molecule has 3 rings (SSSR count). The maximum Gasteiger partial charge on any atom is 0.271 e. The standard InChI is InChI=1S/C15H21N3O/c1-11-6-7-14-16-13(10-18(14)12(11)2)15(19)17-8-4-3-5-9-17/h6-7,10,14,16H,3-5,8-9H2,1-2H3. The van der Waals surface area contributed by atoms with Crippen LogP contribution in [0.5, 0.6) is 0 Å². The molecule has 1 unspecified atom stereocenters. The molecule has 3 heterocycles. The van der Waals surface area contributed by atoms with Crippen molar-refractivity contribution in [1.82, 2.24) is 15.1 Å². The minimum Gasteiger partial charge on any atom is -0.356 e. The number of hydrogen-bond donors (Lipinski definition) is 1. The van der Waals surface area contributed by atoms with Crippen molar-refractivity contribution in [2.24, 2.45) is 0 Å². The van der Waals surface area contributed by atoms with E-state index in [0.717, 1.165) is 31.6 Å². The molecule has 3 aliphatic heterocycles. The first-order valence-corrected chi connectivity index (χ1v) is 7.08. The van der Waals surface area contributed by atoms with E-state index < -0.39 is 0 Å². The second kappa shape index (κ2) is 4.76. The van der Waals surface area contributed by atoms with Gasteiger partial charge in [0.1, 0.15) is 11.9 Å². The molecule has 3 aliphatic rings. The molecule has 0 aromatic carbocycles. The summed E-state index contributed by atoms with van der Waals surface area (Å²) in [6.07, 6.45) is 9.79. The molecule has 0 aliphatic carbocycles. The highest BCUT2D eigenvalue weighted by atomic mass is 16.2. The second-order valence-electron chi connectivity index (χ2n) is 5.52. The van der Waals surface area contributed by atoms with Crippen LogP contribution in [0.25, 0.3) is 0 Å². The van der Waals surface area contributed by atoms with Gasteiger partial charge < -0.3 is 15.1 Å². The lowest BCUT2D eigenvalue weighted by molar-refractivity contribution is -0.128. The van der Waals surface area contributed by atoms with Gasteiger partial charge in [0.25, 0.3) is 5.91 Å². The topological polar surface area (TPSA) is 35.6 Å². The second-order valence-corrected chi connectivity index (χ2v) is 5.52. The number of rotatable bonds is 1. The molecule has 1 amide bonds. The lowest BCUT2D eigenvalue weighted by Crippen LogP contribution is -2.41. The van der Waals surface area contributed by atoms with Crippen molar-refractivity contribution >= 4 is 5.91 Å². The van der Waals surface area contributed by atoms with E-state index in [1.54, 1.807) is 0 Å². The van der Waals surface area contributed by atoms with Crippen molar-refractivity contribution in [3.05, 3.63) is 35.3 Å². The number of nitrogens with zero attached hydrogens (tertiary/aromatic N) is 2. The molecule has 1 saturated heterocycles. The van der Waals surface area contributed by atoms with Crippen molar-refractivity contribution < 1.29 is 4.79 Å². The van der Waals surface area contributed by atoms with E-state index in [4.69, 9.17) is 0 Å². The van der Waals surface area contributed by atoms with Gasteiger partial charge in [-0.3, -0.25) is 4.79 Å². The molecule has 0 aromatic heterocycles. The van der Waals surface area contributed by atoms with Gasteiger partial charge in [-0.15, -0.1) is 0 Å².